The number of benzene rings is 1. The molecule has 0 atom stereocenters. The van der Waals surface area contributed by atoms with Gasteiger partial charge in [0.1, 0.15) is 5.51 Å². The highest BCUT2D eigenvalue weighted by molar-refractivity contribution is 7.13. The number of carbonyl (C=O) groups is 1. The normalized spacial score (nSPS) is 10.2. The van der Waals surface area contributed by atoms with Gasteiger partial charge in [0.15, 0.2) is 0 Å². The summed E-state index contributed by atoms with van der Waals surface area (Å²) < 4.78 is 5.05. The lowest BCUT2D eigenvalue weighted by Gasteiger charge is -2.22. The van der Waals surface area contributed by atoms with E-state index < -0.39 is 0 Å². The average Bonchev–Trinajstić information content (AvgIpc) is 2.97. The molecule has 0 fully saturated rings. The number of amides is 2. The molecule has 2 aromatic rings. The second kappa shape index (κ2) is 7.56. The summed E-state index contributed by atoms with van der Waals surface area (Å²) in [5.41, 5.74) is 2.64. The van der Waals surface area contributed by atoms with Gasteiger partial charge in [0, 0.05) is 20.2 Å². The molecule has 2 rings (SSSR count). The number of hydrogen-bond donors (Lipinski definition) is 1. The van der Waals surface area contributed by atoms with Gasteiger partial charge >= 0.3 is 6.03 Å². The first-order chi connectivity index (χ1) is 9.79. The first kappa shape index (κ1) is 14.4. The number of rotatable bonds is 6. The quantitative estimate of drug-likeness (QED) is 0.886. The second-order valence-electron chi connectivity index (χ2n) is 4.07. The van der Waals surface area contributed by atoms with Crippen LogP contribution in [-0.2, 0) is 11.3 Å². The Labute approximate surface area is 121 Å². The van der Waals surface area contributed by atoms with Gasteiger partial charge in [0.05, 0.1) is 6.61 Å². The zero-order valence-electron chi connectivity index (χ0n) is 11.2. The number of nitrogens with one attached hydrogen (secondary N) is 1. The number of aromatic nitrogens is 2. The third-order valence-electron chi connectivity index (χ3n) is 2.64. The van der Waals surface area contributed by atoms with Crippen molar-refractivity contribution in [2.24, 2.45) is 0 Å². The van der Waals surface area contributed by atoms with E-state index in [1.165, 1.54) is 11.3 Å². The average molecular weight is 292 g/mol. The summed E-state index contributed by atoms with van der Waals surface area (Å²) in [6.07, 6.45) is 0. The lowest BCUT2D eigenvalue weighted by molar-refractivity contribution is 0.153. The third-order valence-corrected chi connectivity index (χ3v) is 3.25. The van der Waals surface area contributed by atoms with Crippen molar-refractivity contribution >= 4 is 22.5 Å². The summed E-state index contributed by atoms with van der Waals surface area (Å²) in [5, 5.41) is 10.7. The maximum absolute atomic E-state index is 12.2. The first-order valence-electron chi connectivity index (χ1n) is 6.14. The Bertz CT molecular complexity index is 518. The highest BCUT2D eigenvalue weighted by Crippen LogP contribution is 2.11. The standard InChI is InChI=1S/C13H16N4O2S/c1-19-8-7-17(9-11-5-3-2-4-6-11)13(18)15-12-16-14-10-20-12/h2-6,10H,7-9H2,1H3,(H,15,16,18). The van der Waals surface area contributed by atoms with Gasteiger partial charge in [0.2, 0.25) is 5.13 Å². The number of ether oxygens (including phenoxy) is 1. The number of methoxy groups -OCH3 is 1. The highest BCUT2D eigenvalue weighted by Gasteiger charge is 2.15. The van der Waals surface area contributed by atoms with Crippen LogP contribution in [0.3, 0.4) is 0 Å². The van der Waals surface area contributed by atoms with Crippen LogP contribution in [-0.4, -0.2) is 41.4 Å². The van der Waals surface area contributed by atoms with Crippen molar-refractivity contribution in [3.05, 3.63) is 41.4 Å². The Morgan fingerprint density at radius 1 is 1.40 bits per heavy atom. The predicted molar refractivity (Wildman–Crippen MR) is 77.7 cm³/mol. The Balaban J connectivity index is 2.00. The third kappa shape index (κ3) is 4.29. The number of carbonyl (C=O) groups excluding carboxylic acids is 1. The SMILES string of the molecule is COCCN(Cc1ccccc1)C(=O)Nc1nncs1. The minimum Gasteiger partial charge on any atom is -0.383 e. The molecule has 1 N–H and O–H groups in total. The van der Waals surface area contributed by atoms with Crippen molar-refractivity contribution in [2.45, 2.75) is 6.54 Å². The van der Waals surface area contributed by atoms with E-state index in [4.69, 9.17) is 4.74 Å². The molecule has 0 unspecified atom stereocenters. The molecule has 7 heteroatoms. The smallest absolute Gasteiger partial charge is 0.324 e. The molecule has 2 amide bonds. The van der Waals surface area contributed by atoms with Crippen molar-refractivity contribution < 1.29 is 9.53 Å². The zero-order valence-corrected chi connectivity index (χ0v) is 12.0. The number of anilines is 1. The summed E-state index contributed by atoms with van der Waals surface area (Å²) >= 11 is 1.29. The molecule has 0 spiro atoms. The van der Waals surface area contributed by atoms with Gasteiger partial charge < -0.3 is 9.64 Å². The molecule has 6 nitrogen and oxygen atoms in total. The van der Waals surface area contributed by atoms with E-state index in [1.54, 1.807) is 17.5 Å². The zero-order chi connectivity index (χ0) is 14.2. The second-order valence-corrected chi connectivity index (χ2v) is 4.91. The molecule has 0 radical (unpaired) electrons. The Morgan fingerprint density at radius 3 is 2.85 bits per heavy atom. The topological polar surface area (TPSA) is 67.3 Å². The maximum Gasteiger partial charge on any atom is 0.324 e. The largest absolute Gasteiger partial charge is 0.383 e. The van der Waals surface area contributed by atoms with Gasteiger partial charge in [-0.1, -0.05) is 41.7 Å². The minimum absolute atomic E-state index is 0.206. The van der Waals surface area contributed by atoms with E-state index >= 15 is 0 Å². The van der Waals surface area contributed by atoms with Crippen LogP contribution in [0, 0.1) is 0 Å². The van der Waals surface area contributed by atoms with Crippen molar-refractivity contribution in [2.75, 3.05) is 25.6 Å². The predicted octanol–water partition coefficient (Wildman–Crippen LogP) is 2.22. The van der Waals surface area contributed by atoms with Crippen molar-refractivity contribution in [3.63, 3.8) is 0 Å². The lowest BCUT2D eigenvalue weighted by atomic mass is 10.2. The first-order valence-corrected chi connectivity index (χ1v) is 7.02. The minimum atomic E-state index is -0.206. The molecule has 20 heavy (non-hydrogen) atoms. The Kier molecular flexibility index (Phi) is 5.45. The van der Waals surface area contributed by atoms with Gasteiger partial charge in [-0.2, -0.15) is 0 Å². The van der Waals surface area contributed by atoms with Crippen LogP contribution in [0.15, 0.2) is 35.8 Å². The fourth-order valence-corrected chi connectivity index (χ4v) is 2.09. The van der Waals surface area contributed by atoms with Crippen LogP contribution in [0.4, 0.5) is 9.93 Å². The van der Waals surface area contributed by atoms with Crippen molar-refractivity contribution in [1.29, 1.82) is 0 Å². The Morgan fingerprint density at radius 2 is 2.20 bits per heavy atom. The molecule has 0 saturated heterocycles. The van der Waals surface area contributed by atoms with E-state index in [2.05, 4.69) is 15.5 Å². The number of hydrogen-bond acceptors (Lipinski definition) is 5. The van der Waals surface area contributed by atoms with E-state index in [9.17, 15) is 4.79 Å². The van der Waals surface area contributed by atoms with Crippen LogP contribution in [0.25, 0.3) is 0 Å². The molecule has 106 valence electrons. The van der Waals surface area contributed by atoms with Gasteiger partial charge in [-0.25, -0.2) is 4.79 Å². The molecule has 1 aromatic carbocycles. The van der Waals surface area contributed by atoms with E-state index in [-0.39, 0.29) is 6.03 Å². The number of nitrogens with zero attached hydrogens (tertiary/aromatic N) is 3. The van der Waals surface area contributed by atoms with Gasteiger partial charge in [-0.3, -0.25) is 5.32 Å². The molecular formula is C13H16N4O2S. The van der Waals surface area contributed by atoms with Gasteiger partial charge in [-0.05, 0) is 5.56 Å². The van der Waals surface area contributed by atoms with Crippen LogP contribution < -0.4 is 5.32 Å². The molecule has 0 bridgehead atoms. The van der Waals surface area contributed by atoms with Crippen LogP contribution in [0.2, 0.25) is 0 Å². The maximum atomic E-state index is 12.2. The van der Waals surface area contributed by atoms with E-state index in [0.29, 0.717) is 24.8 Å². The van der Waals surface area contributed by atoms with E-state index in [1.807, 2.05) is 30.3 Å². The molecule has 1 aromatic heterocycles. The van der Waals surface area contributed by atoms with E-state index in [0.717, 1.165) is 5.56 Å². The molecule has 0 aliphatic rings. The fraction of sp³-hybridized carbons (Fsp3) is 0.308. The van der Waals surface area contributed by atoms with Crippen LogP contribution in [0.1, 0.15) is 5.56 Å². The highest BCUT2D eigenvalue weighted by atomic mass is 32.1. The molecule has 0 saturated carbocycles. The lowest BCUT2D eigenvalue weighted by Crippen LogP contribution is -2.36. The molecule has 0 aliphatic carbocycles. The summed E-state index contributed by atoms with van der Waals surface area (Å²) in [7, 11) is 1.61. The fourth-order valence-electron chi connectivity index (χ4n) is 1.66. The van der Waals surface area contributed by atoms with Crippen LogP contribution in [0.5, 0.6) is 0 Å². The summed E-state index contributed by atoms with van der Waals surface area (Å²) in [6.45, 7) is 1.52. The molecule has 1 heterocycles. The van der Waals surface area contributed by atoms with Crippen molar-refractivity contribution in [3.8, 4) is 0 Å². The number of urea groups is 1. The summed E-state index contributed by atoms with van der Waals surface area (Å²) in [6, 6.07) is 9.61. The van der Waals surface area contributed by atoms with Gasteiger partial charge in [0.25, 0.3) is 0 Å². The molecule has 0 aliphatic heterocycles. The van der Waals surface area contributed by atoms with Crippen molar-refractivity contribution in [1.82, 2.24) is 15.1 Å². The Hall–Kier alpha value is -1.99. The molecular weight excluding hydrogens is 276 g/mol. The monoisotopic (exact) mass is 292 g/mol. The van der Waals surface area contributed by atoms with Crippen LogP contribution >= 0.6 is 11.3 Å². The van der Waals surface area contributed by atoms with Gasteiger partial charge in [-0.15, -0.1) is 10.2 Å². The summed E-state index contributed by atoms with van der Waals surface area (Å²) in [4.78, 5) is 13.9. The summed E-state index contributed by atoms with van der Waals surface area (Å²) in [5.74, 6) is 0.